The van der Waals surface area contributed by atoms with Gasteiger partial charge in [-0.05, 0) is 48.3 Å². The molecule has 0 atom stereocenters. The van der Waals surface area contributed by atoms with E-state index in [4.69, 9.17) is 4.98 Å². The number of rotatable bonds is 5. The molecule has 36 heavy (non-hydrogen) atoms. The Morgan fingerprint density at radius 2 is 1.75 bits per heavy atom. The molecule has 0 N–H and O–H groups in total. The van der Waals surface area contributed by atoms with Gasteiger partial charge in [0.2, 0.25) is 5.12 Å². The van der Waals surface area contributed by atoms with Crippen molar-refractivity contribution in [2.45, 2.75) is 17.0 Å². The number of non-ortho nitro benzene ring substituents is 1. The van der Waals surface area contributed by atoms with Crippen LogP contribution in [-0.2, 0) is 0 Å². The average Bonchev–Trinajstić information content (AvgIpc) is 3.19. The van der Waals surface area contributed by atoms with E-state index >= 15 is 0 Å². The molecule has 0 spiro atoms. The fourth-order valence-corrected chi connectivity index (χ4v) is 5.90. The maximum absolute atomic E-state index is 13.2. The minimum Gasteiger partial charge on any atom is -0.338 e. The van der Waals surface area contributed by atoms with Crippen LogP contribution >= 0.6 is 23.5 Å². The molecule has 1 aliphatic rings. The van der Waals surface area contributed by atoms with E-state index in [0.717, 1.165) is 39.6 Å². The normalized spacial score (nSPS) is 13.6. The highest BCUT2D eigenvalue weighted by molar-refractivity contribution is 8.13. The second kappa shape index (κ2) is 9.96. The zero-order valence-electron chi connectivity index (χ0n) is 19.5. The Balaban J connectivity index is 1.53. The van der Waals surface area contributed by atoms with E-state index < -0.39 is 4.92 Å². The molecule has 9 heteroatoms. The number of benzene rings is 3. The number of nitrogens with zero attached hydrogens (tertiary/aromatic N) is 4. The molecule has 2 heterocycles. The maximum Gasteiger partial charge on any atom is 0.373 e. The minimum atomic E-state index is -0.483. The quantitative estimate of drug-likeness (QED) is 0.106. The van der Waals surface area contributed by atoms with Gasteiger partial charge in [0.1, 0.15) is 11.4 Å². The van der Waals surface area contributed by atoms with Crippen molar-refractivity contribution in [1.82, 2.24) is 4.98 Å². The summed E-state index contributed by atoms with van der Waals surface area (Å²) in [5.41, 5.74) is 4.00. The van der Waals surface area contributed by atoms with Crippen LogP contribution in [0.5, 0.6) is 0 Å². The summed E-state index contributed by atoms with van der Waals surface area (Å²) in [5, 5.41) is 12.3. The molecule has 1 aliphatic heterocycles. The van der Waals surface area contributed by atoms with Crippen molar-refractivity contribution in [3.8, 4) is 5.69 Å². The van der Waals surface area contributed by atoms with Crippen molar-refractivity contribution in [3.63, 3.8) is 0 Å². The first-order chi connectivity index (χ1) is 17.4. The number of nitro benzene ring substituents is 1. The van der Waals surface area contributed by atoms with Gasteiger partial charge in [-0.15, -0.1) is 0 Å². The minimum absolute atomic E-state index is 0.0577. The summed E-state index contributed by atoms with van der Waals surface area (Å²) in [5.74, 6) is 0. The fourth-order valence-electron chi connectivity index (χ4n) is 3.89. The number of anilines is 1. The van der Waals surface area contributed by atoms with Gasteiger partial charge in [0.25, 0.3) is 5.69 Å². The number of para-hydroxylation sites is 2. The van der Waals surface area contributed by atoms with E-state index in [1.165, 1.54) is 29.2 Å². The highest BCUT2D eigenvalue weighted by Gasteiger charge is 2.27. The summed E-state index contributed by atoms with van der Waals surface area (Å²) in [4.78, 5) is 31.8. The van der Waals surface area contributed by atoms with Gasteiger partial charge in [-0.1, -0.05) is 42.1 Å². The summed E-state index contributed by atoms with van der Waals surface area (Å²) in [6.07, 6.45) is 2.02. The molecule has 1 aromatic heterocycles. The molecule has 0 bridgehead atoms. The number of nitro groups is 1. The molecule has 7 nitrogen and oxygen atoms in total. The molecule has 4 aromatic rings. The van der Waals surface area contributed by atoms with Gasteiger partial charge in [0.05, 0.1) is 15.6 Å². The lowest BCUT2D eigenvalue weighted by Gasteiger charge is -2.13. The Bertz CT molecular complexity index is 1510. The first-order valence-corrected chi connectivity index (χ1v) is 12.7. The largest absolute Gasteiger partial charge is 0.373 e. The summed E-state index contributed by atoms with van der Waals surface area (Å²) in [6, 6.07) is 25.6. The van der Waals surface area contributed by atoms with E-state index in [2.05, 4.69) is 17.0 Å². The van der Waals surface area contributed by atoms with Gasteiger partial charge in [-0.25, -0.2) is 0 Å². The number of hydrogen-bond acceptors (Lipinski definition) is 7. The lowest BCUT2D eigenvalue weighted by molar-refractivity contribution is -0.647. The highest BCUT2D eigenvalue weighted by atomic mass is 32.2. The van der Waals surface area contributed by atoms with Gasteiger partial charge >= 0.3 is 5.16 Å². The third-order valence-electron chi connectivity index (χ3n) is 5.68. The number of carbonyl (C=O) groups excluding carboxylic acids is 1. The average molecular weight is 514 g/mol. The van der Waals surface area contributed by atoms with Crippen molar-refractivity contribution < 1.29 is 14.3 Å². The number of hydrogen-bond donors (Lipinski definition) is 0. The highest BCUT2D eigenvalue weighted by Crippen LogP contribution is 2.45. The lowest BCUT2D eigenvalue weighted by Crippen LogP contribution is -2.38. The number of aryl methyl sites for hydroxylation is 1. The van der Waals surface area contributed by atoms with Gasteiger partial charge in [0.15, 0.2) is 5.69 Å². The Labute approximate surface area is 216 Å². The molecule has 5 rings (SSSR count). The van der Waals surface area contributed by atoms with Crippen molar-refractivity contribution in [1.29, 1.82) is 0 Å². The predicted octanol–water partition coefficient (Wildman–Crippen LogP) is 6.05. The first kappa shape index (κ1) is 23.8. The zero-order valence-corrected chi connectivity index (χ0v) is 21.1. The third kappa shape index (κ3) is 4.75. The SMILES string of the molecule is Cc1cc(/C=C2\Sc3ccccc3N2C)nc(SC(=O)c2ccc([N+](=O)[O-])cc2)[n+]1-c1ccccc1. The Hall–Kier alpha value is -3.95. The van der Waals surface area contributed by atoms with Gasteiger partial charge < -0.3 is 4.90 Å². The van der Waals surface area contributed by atoms with E-state index in [-0.39, 0.29) is 10.8 Å². The standard InChI is InChI=1S/C27H21N4O3S2/c1-18-16-20(17-25-29(2)23-10-6-7-11-24(23)35-25)28-27(30(18)21-8-4-3-5-9-21)36-26(32)19-12-14-22(15-13-19)31(33)34/h3-17H,1-2H3/q+1. The van der Waals surface area contributed by atoms with Gasteiger partial charge in [0, 0.05) is 53.5 Å². The van der Waals surface area contributed by atoms with Crippen LogP contribution in [0, 0.1) is 17.0 Å². The Morgan fingerprint density at radius 1 is 1.06 bits per heavy atom. The molecular weight excluding hydrogens is 492 g/mol. The molecule has 0 amide bonds. The van der Waals surface area contributed by atoms with Crippen LogP contribution in [0.25, 0.3) is 11.8 Å². The van der Waals surface area contributed by atoms with E-state index in [0.29, 0.717) is 10.7 Å². The van der Waals surface area contributed by atoms with Crippen LogP contribution in [0.15, 0.2) is 100 Å². The van der Waals surface area contributed by atoms with Crippen LogP contribution in [0.1, 0.15) is 21.7 Å². The number of fused-ring (bicyclic) bond motifs is 1. The van der Waals surface area contributed by atoms with Crippen molar-refractivity contribution >= 4 is 46.1 Å². The second-order valence-corrected chi connectivity index (χ2v) is 10.1. The van der Waals surface area contributed by atoms with E-state index in [1.54, 1.807) is 11.8 Å². The molecule has 178 valence electrons. The van der Waals surface area contributed by atoms with Crippen molar-refractivity contribution in [2.75, 3.05) is 11.9 Å². The smallest absolute Gasteiger partial charge is 0.338 e. The second-order valence-electron chi connectivity index (χ2n) is 8.08. The van der Waals surface area contributed by atoms with Crippen molar-refractivity contribution in [3.05, 3.63) is 117 Å². The Kier molecular flexibility index (Phi) is 6.58. The van der Waals surface area contributed by atoms with Crippen LogP contribution in [0.3, 0.4) is 0 Å². The first-order valence-electron chi connectivity index (χ1n) is 11.1. The fraction of sp³-hybridized carbons (Fsp3) is 0.0741. The van der Waals surface area contributed by atoms with E-state index in [9.17, 15) is 14.9 Å². The number of aromatic nitrogens is 2. The van der Waals surface area contributed by atoms with E-state index in [1.807, 2.05) is 73.1 Å². The molecule has 3 aromatic carbocycles. The van der Waals surface area contributed by atoms with Gasteiger partial charge in [-0.2, -0.15) is 4.57 Å². The Morgan fingerprint density at radius 3 is 2.44 bits per heavy atom. The van der Waals surface area contributed by atoms with Crippen LogP contribution < -0.4 is 9.47 Å². The summed E-state index contributed by atoms with van der Waals surface area (Å²) < 4.78 is 1.94. The number of thioether (sulfide) groups is 2. The lowest BCUT2D eigenvalue weighted by atomic mass is 10.2. The summed E-state index contributed by atoms with van der Waals surface area (Å²) in [7, 11) is 2.03. The topological polar surface area (TPSA) is 80.2 Å². The molecule has 0 aliphatic carbocycles. The molecule has 0 saturated carbocycles. The van der Waals surface area contributed by atoms with Crippen LogP contribution in [-0.4, -0.2) is 22.1 Å². The third-order valence-corrected chi connectivity index (χ3v) is 7.72. The predicted molar refractivity (Wildman–Crippen MR) is 142 cm³/mol. The van der Waals surface area contributed by atoms with Crippen molar-refractivity contribution in [2.24, 2.45) is 0 Å². The van der Waals surface area contributed by atoms with Crippen LogP contribution in [0.2, 0.25) is 0 Å². The maximum atomic E-state index is 13.2. The summed E-state index contributed by atoms with van der Waals surface area (Å²) in [6.45, 7) is 1.98. The number of carbonyl (C=O) groups is 1. The molecule has 0 saturated heterocycles. The zero-order chi connectivity index (χ0) is 25.2. The monoisotopic (exact) mass is 513 g/mol. The summed E-state index contributed by atoms with van der Waals surface area (Å²) >= 11 is 2.68. The molecule has 0 radical (unpaired) electrons. The van der Waals surface area contributed by atoms with Gasteiger partial charge in [-0.3, -0.25) is 14.9 Å². The molecule has 0 unspecified atom stereocenters. The van der Waals surface area contributed by atoms with Crippen LogP contribution in [0.4, 0.5) is 11.4 Å². The molecular formula is C27H21N4O3S2+. The molecule has 0 fully saturated rings.